The Kier molecular flexibility index (Phi) is 4.55. The molecule has 114 valence electrons. The van der Waals surface area contributed by atoms with Gasteiger partial charge >= 0.3 is 12.0 Å². The molecule has 0 radical (unpaired) electrons. The molecule has 0 spiro atoms. The molecule has 2 rings (SSSR count). The van der Waals surface area contributed by atoms with E-state index in [9.17, 15) is 14.7 Å². The molecule has 1 atom stereocenters. The second-order valence-electron chi connectivity index (χ2n) is 6.25. The third-order valence-electron chi connectivity index (χ3n) is 5.17. The van der Waals surface area contributed by atoms with Gasteiger partial charge in [0.1, 0.15) is 0 Å². The Bertz CT molecular complexity index is 375. The van der Waals surface area contributed by atoms with Gasteiger partial charge in [0.05, 0.1) is 5.41 Å². The molecule has 2 amide bonds. The van der Waals surface area contributed by atoms with Gasteiger partial charge in [0.25, 0.3) is 0 Å². The van der Waals surface area contributed by atoms with Crippen LogP contribution in [0.25, 0.3) is 0 Å². The molecule has 20 heavy (non-hydrogen) atoms. The third-order valence-corrected chi connectivity index (χ3v) is 5.17. The van der Waals surface area contributed by atoms with Crippen LogP contribution in [0, 0.1) is 5.41 Å². The zero-order chi connectivity index (χ0) is 14.8. The predicted octanol–water partition coefficient (Wildman–Crippen LogP) is 2.56. The number of amides is 2. The molecule has 1 unspecified atom stereocenters. The van der Waals surface area contributed by atoms with Crippen LogP contribution in [0.5, 0.6) is 0 Å². The highest BCUT2D eigenvalue weighted by Crippen LogP contribution is 2.35. The van der Waals surface area contributed by atoms with Gasteiger partial charge in [-0.05, 0) is 45.4 Å². The van der Waals surface area contributed by atoms with Gasteiger partial charge in [-0.1, -0.05) is 6.92 Å². The van der Waals surface area contributed by atoms with Crippen LogP contribution < -0.4 is 0 Å². The van der Waals surface area contributed by atoms with Crippen LogP contribution >= 0.6 is 0 Å². The van der Waals surface area contributed by atoms with Gasteiger partial charge in [0, 0.05) is 25.7 Å². The lowest BCUT2D eigenvalue weighted by atomic mass is 9.76. The smallest absolute Gasteiger partial charge is 0.320 e. The molecule has 2 aliphatic heterocycles. The summed E-state index contributed by atoms with van der Waals surface area (Å²) in [5, 5.41) is 9.39. The maximum atomic E-state index is 12.5. The molecule has 0 aromatic rings. The lowest BCUT2D eigenvalue weighted by Gasteiger charge is -2.42. The summed E-state index contributed by atoms with van der Waals surface area (Å²) in [4.78, 5) is 27.8. The van der Waals surface area contributed by atoms with E-state index in [-0.39, 0.29) is 6.03 Å². The molecular formula is C15H26N2O3. The second kappa shape index (κ2) is 6.02. The van der Waals surface area contributed by atoms with E-state index in [4.69, 9.17) is 0 Å². The van der Waals surface area contributed by atoms with Crippen molar-refractivity contribution in [3.63, 3.8) is 0 Å². The zero-order valence-corrected chi connectivity index (χ0v) is 12.6. The Morgan fingerprint density at radius 1 is 1.20 bits per heavy atom. The molecule has 0 aliphatic carbocycles. The topological polar surface area (TPSA) is 60.9 Å². The van der Waals surface area contributed by atoms with Gasteiger partial charge in [-0.2, -0.15) is 0 Å². The summed E-state index contributed by atoms with van der Waals surface area (Å²) in [5.74, 6) is -0.710. The highest BCUT2D eigenvalue weighted by atomic mass is 16.4. The lowest BCUT2D eigenvalue weighted by molar-refractivity contribution is -0.152. The predicted molar refractivity (Wildman–Crippen MR) is 76.6 cm³/mol. The maximum absolute atomic E-state index is 12.5. The number of urea groups is 1. The number of hydrogen-bond donors (Lipinski definition) is 1. The first-order valence-electron chi connectivity index (χ1n) is 7.79. The quantitative estimate of drug-likeness (QED) is 0.846. The molecule has 0 bridgehead atoms. The van der Waals surface area contributed by atoms with Crippen molar-refractivity contribution in [3.05, 3.63) is 0 Å². The standard InChI is InChI=1S/C15H26N2O3/c1-3-15(13(18)19)7-10-16(11-8-15)14(20)17-9-5-4-6-12(17)2/h12H,3-11H2,1-2H3,(H,18,19). The van der Waals surface area contributed by atoms with Gasteiger partial charge in [-0.3, -0.25) is 4.79 Å². The minimum atomic E-state index is -0.710. The minimum Gasteiger partial charge on any atom is -0.481 e. The maximum Gasteiger partial charge on any atom is 0.320 e. The van der Waals surface area contributed by atoms with E-state index in [1.165, 1.54) is 6.42 Å². The highest BCUT2D eigenvalue weighted by molar-refractivity contribution is 5.77. The van der Waals surface area contributed by atoms with E-state index in [1.807, 2.05) is 16.7 Å². The largest absolute Gasteiger partial charge is 0.481 e. The van der Waals surface area contributed by atoms with Gasteiger partial charge in [-0.25, -0.2) is 4.79 Å². The Morgan fingerprint density at radius 2 is 1.85 bits per heavy atom. The number of aliphatic carboxylic acids is 1. The third kappa shape index (κ3) is 2.76. The SMILES string of the molecule is CCC1(C(=O)O)CCN(C(=O)N2CCCCC2C)CC1. The Labute approximate surface area is 120 Å². The summed E-state index contributed by atoms with van der Waals surface area (Å²) >= 11 is 0. The van der Waals surface area contributed by atoms with Crippen LogP contribution in [0.1, 0.15) is 52.4 Å². The van der Waals surface area contributed by atoms with E-state index < -0.39 is 11.4 Å². The van der Waals surface area contributed by atoms with Gasteiger partial charge in [0.15, 0.2) is 0 Å². The van der Waals surface area contributed by atoms with Gasteiger partial charge < -0.3 is 14.9 Å². The summed E-state index contributed by atoms with van der Waals surface area (Å²) in [5.41, 5.74) is -0.621. The number of nitrogens with zero attached hydrogens (tertiary/aromatic N) is 2. The van der Waals surface area contributed by atoms with E-state index >= 15 is 0 Å². The number of hydrogen-bond acceptors (Lipinski definition) is 2. The molecule has 2 saturated heterocycles. The number of rotatable bonds is 2. The molecule has 2 heterocycles. The van der Waals surface area contributed by atoms with Gasteiger partial charge in [-0.15, -0.1) is 0 Å². The average molecular weight is 282 g/mol. The summed E-state index contributed by atoms with van der Waals surface area (Å²) in [7, 11) is 0. The first kappa shape index (κ1) is 15.1. The summed E-state index contributed by atoms with van der Waals surface area (Å²) in [6.07, 6.45) is 5.15. The second-order valence-corrected chi connectivity index (χ2v) is 6.25. The van der Waals surface area contributed by atoms with Crippen LogP contribution in [-0.2, 0) is 4.79 Å². The fourth-order valence-corrected chi connectivity index (χ4v) is 3.41. The number of piperidine rings is 2. The average Bonchev–Trinajstić information content (AvgIpc) is 2.47. The number of carboxylic acid groups (broad SMARTS) is 1. The van der Waals surface area contributed by atoms with Crippen LogP contribution in [0.15, 0.2) is 0 Å². The molecule has 2 fully saturated rings. The van der Waals surface area contributed by atoms with E-state index in [0.29, 0.717) is 38.4 Å². The van der Waals surface area contributed by atoms with E-state index in [1.54, 1.807) is 0 Å². The summed E-state index contributed by atoms with van der Waals surface area (Å²) < 4.78 is 0. The van der Waals surface area contributed by atoms with Crippen LogP contribution in [0.3, 0.4) is 0 Å². The summed E-state index contributed by atoms with van der Waals surface area (Å²) in [6.45, 7) is 6.02. The fraction of sp³-hybridized carbons (Fsp3) is 0.867. The van der Waals surface area contributed by atoms with E-state index in [2.05, 4.69) is 6.92 Å². The fourth-order valence-electron chi connectivity index (χ4n) is 3.41. The Morgan fingerprint density at radius 3 is 2.35 bits per heavy atom. The van der Waals surface area contributed by atoms with Crippen molar-refractivity contribution in [2.24, 2.45) is 5.41 Å². The number of carbonyl (C=O) groups excluding carboxylic acids is 1. The van der Waals surface area contributed by atoms with Crippen molar-refractivity contribution in [2.45, 2.75) is 58.4 Å². The molecule has 0 aromatic heterocycles. The van der Waals surface area contributed by atoms with Crippen molar-refractivity contribution < 1.29 is 14.7 Å². The Balaban J connectivity index is 1.96. The first-order chi connectivity index (χ1) is 9.50. The number of carbonyl (C=O) groups is 2. The lowest BCUT2D eigenvalue weighted by Crippen LogP contribution is -2.53. The molecule has 0 saturated carbocycles. The Hall–Kier alpha value is -1.26. The van der Waals surface area contributed by atoms with Crippen LogP contribution in [-0.4, -0.2) is 52.6 Å². The number of likely N-dealkylation sites (tertiary alicyclic amines) is 2. The molecule has 2 aliphatic rings. The minimum absolute atomic E-state index is 0.104. The molecule has 0 aromatic carbocycles. The highest BCUT2D eigenvalue weighted by Gasteiger charge is 2.41. The van der Waals surface area contributed by atoms with Crippen LogP contribution in [0.2, 0.25) is 0 Å². The van der Waals surface area contributed by atoms with Crippen molar-refractivity contribution in [2.75, 3.05) is 19.6 Å². The van der Waals surface area contributed by atoms with Crippen LogP contribution in [0.4, 0.5) is 4.79 Å². The molecule has 5 nitrogen and oxygen atoms in total. The van der Waals surface area contributed by atoms with Crippen molar-refractivity contribution in [1.82, 2.24) is 9.80 Å². The van der Waals surface area contributed by atoms with Crippen molar-refractivity contribution in [3.8, 4) is 0 Å². The molecule has 5 heteroatoms. The number of carboxylic acids is 1. The molecular weight excluding hydrogens is 256 g/mol. The first-order valence-corrected chi connectivity index (χ1v) is 7.79. The monoisotopic (exact) mass is 282 g/mol. The molecule has 1 N–H and O–H groups in total. The van der Waals surface area contributed by atoms with Gasteiger partial charge in [0.2, 0.25) is 0 Å². The van der Waals surface area contributed by atoms with Crippen molar-refractivity contribution in [1.29, 1.82) is 0 Å². The zero-order valence-electron chi connectivity index (χ0n) is 12.6. The normalized spacial score (nSPS) is 26.4. The summed E-state index contributed by atoms with van der Waals surface area (Å²) in [6, 6.07) is 0.417. The van der Waals surface area contributed by atoms with Crippen molar-refractivity contribution >= 4 is 12.0 Å². The van der Waals surface area contributed by atoms with E-state index in [0.717, 1.165) is 19.4 Å².